The second-order valence-electron chi connectivity index (χ2n) is 4.80. The lowest BCUT2D eigenvalue weighted by atomic mass is 9.93. The van der Waals surface area contributed by atoms with Crippen molar-refractivity contribution in [2.75, 3.05) is 12.8 Å². The first-order chi connectivity index (χ1) is 8.18. The van der Waals surface area contributed by atoms with Crippen LogP contribution in [0.15, 0.2) is 16.7 Å². The zero-order chi connectivity index (χ0) is 12.3. The number of rotatable bonds is 5. The molecule has 0 amide bonds. The maximum Gasteiger partial charge on any atom is 0.108 e. The normalized spacial score (nSPS) is 23.1. The summed E-state index contributed by atoms with van der Waals surface area (Å²) in [5, 5.41) is 3.83. The maximum atomic E-state index is 11.3. The molecule has 0 aliphatic heterocycles. The van der Waals surface area contributed by atoms with E-state index in [0.29, 0.717) is 6.04 Å². The van der Waals surface area contributed by atoms with Gasteiger partial charge in [0.1, 0.15) is 5.76 Å². The second-order valence-corrected chi connectivity index (χ2v) is 6.60. The predicted molar refractivity (Wildman–Crippen MR) is 70.5 cm³/mol. The fourth-order valence-corrected chi connectivity index (χ4v) is 2.78. The topological polar surface area (TPSA) is 42.2 Å². The first-order valence-corrected chi connectivity index (χ1v) is 7.92. The van der Waals surface area contributed by atoms with E-state index in [1.54, 1.807) is 12.5 Å². The van der Waals surface area contributed by atoms with Crippen LogP contribution in [-0.2, 0) is 17.2 Å². The largest absolute Gasteiger partial charge is 0.469 e. The number of aryl methyl sites for hydroxylation is 1. The maximum absolute atomic E-state index is 11.3. The van der Waals surface area contributed by atoms with Gasteiger partial charge in [0.15, 0.2) is 0 Å². The number of hydrogen-bond acceptors (Lipinski definition) is 3. The standard InChI is InChI=1S/C13H21NO2S/c1-10(17(2)15)6-8-14-12-4-3-5-13-11(12)7-9-16-13/h7,9-10,12,14H,3-6,8H2,1-2H3. The molecule has 0 fully saturated rings. The molecule has 0 saturated carbocycles. The molecule has 0 bridgehead atoms. The van der Waals surface area contributed by atoms with Gasteiger partial charge in [-0.2, -0.15) is 0 Å². The van der Waals surface area contributed by atoms with Gasteiger partial charge in [0, 0.05) is 40.3 Å². The third-order valence-corrected chi connectivity index (χ3v) is 4.93. The van der Waals surface area contributed by atoms with Gasteiger partial charge in [0.05, 0.1) is 6.26 Å². The summed E-state index contributed by atoms with van der Waals surface area (Å²) >= 11 is 0. The Bertz CT molecular complexity index is 389. The fourth-order valence-electron chi connectivity index (χ4n) is 2.33. The average Bonchev–Trinajstić information content (AvgIpc) is 2.77. The molecular formula is C13H21NO2S. The van der Waals surface area contributed by atoms with Crippen molar-refractivity contribution in [2.45, 2.75) is 43.9 Å². The Morgan fingerprint density at radius 2 is 2.47 bits per heavy atom. The molecule has 0 spiro atoms. The molecule has 3 unspecified atom stereocenters. The summed E-state index contributed by atoms with van der Waals surface area (Å²) in [6.45, 7) is 2.97. The van der Waals surface area contributed by atoms with Gasteiger partial charge in [-0.15, -0.1) is 0 Å². The lowest BCUT2D eigenvalue weighted by Crippen LogP contribution is -2.27. The van der Waals surface area contributed by atoms with Crippen molar-refractivity contribution in [2.24, 2.45) is 0 Å². The van der Waals surface area contributed by atoms with Crippen molar-refractivity contribution in [3.63, 3.8) is 0 Å². The smallest absolute Gasteiger partial charge is 0.108 e. The van der Waals surface area contributed by atoms with Gasteiger partial charge in [0.2, 0.25) is 0 Å². The summed E-state index contributed by atoms with van der Waals surface area (Å²) < 4.78 is 16.7. The van der Waals surface area contributed by atoms with Gasteiger partial charge < -0.3 is 9.73 Å². The lowest BCUT2D eigenvalue weighted by Gasteiger charge is -2.23. The number of fused-ring (bicyclic) bond motifs is 1. The number of furan rings is 1. The van der Waals surface area contributed by atoms with E-state index in [2.05, 4.69) is 11.4 Å². The average molecular weight is 255 g/mol. The summed E-state index contributed by atoms with van der Waals surface area (Å²) in [7, 11) is -0.713. The molecule has 0 radical (unpaired) electrons. The van der Waals surface area contributed by atoms with E-state index in [4.69, 9.17) is 4.42 Å². The minimum absolute atomic E-state index is 0.273. The third kappa shape index (κ3) is 3.19. The molecule has 0 saturated heterocycles. The lowest BCUT2D eigenvalue weighted by molar-refractivity contribution is 0.410. The number of nitrogens with one attached hydrogen (secondary N) is 1. The Labute approximate surface area is 105 Å². The molecule has 0 aromatic carbocycles. The molecule has 1 aliphatic carbocycles. The van der Waals surface area contributed by atoms with Crippen molar-refractivity contribution in [3.05, 3.63) is 23.7 Å². The zero-order valence-electron chi connectivity index (χ0n) is 10.6. The third-order valence-electron chi connectivity index (χ3n) is 3.56. The molecule has 1 aliphatic rings. The molecule has 1 aromatic rings. The molecule has 1 heterocycles. The molecule has 17 heavy (non-hydrogen) atoms. The van der Waals surface area contributed by atoms with Crippen LogP contribution in [0.5, 0.6) is 0 Å². The SMILES string of the molecule is CC(CCNC1CCCc2occc21)S(C)=O. The van der Waals surface area contributed by atoms with Crippen LogP contribution in [0, 0.1) is 0 Å². The summed E-state index contributed by atoms with van der Waals surface area (Å²) in [5.41, 5.74) is 1.32. The highest BCUT2D eigenvalue weighted by atomic mass is 32.2. The Kier molecular flexibility index (Phi) is 4.40. The number of hydrogen-bond donors (Lipinski definition) is 1. The van der Waals surface area contributed by atoms with Crippen LogP contribution in [0.4, 0.5) is 0 Å². The highest BCUT2D eigenvalue weighted by Crippen LogP contribution is 2.30. The van der Waals surface area contributed by atoms with E-state index in [-0.39, 0.29) is 5.25 Å². The van der Waals surface area contributed by atoms with E-state index in [1.165, 1.54) is 18.4 Å². The molecule has 3 nitrogen and oxygen atoms in total. The summed E-state index contributed by atoms with van der Waals surface area (Å²) in [4.78, 5) is 0. The highest BCUT2D eigenvalue weighted by Gasteiger charge is 2.22. The molecule has 1 N–H and O–H groups in total. The van der Waals surface area contributed by atoms with Crippen molar-refractivity contribution >= 4 is 10.8 Å². The van der Waals surface area contributed by atoms with Crippen LogP contribution in [-0.4, -0.2) is 22.3 Å². The first-order valence-electron chi connectivity index (χ1n) is 6.30. The summed E-state index contributed by atoms with van der Waals surface area (Å²) in [5.74, 6) is 1.14. The van der Waals surface area contributed by atoms with Crippen LogP contribution >= 0.6 is 0 Å². The van der Waals surface area contributed by atoms with Crippen molar-refractivity contribution in [1.29, 1.82) is 0 Å². The van der Waals surface area contributed by atoms with E-state index in [1.807, 2.05) is 6.92 Å². The van der Waals surface area contributed by atoms with Crippen LogP contribution in [0.2, 0.25) is 0 Å². The Balaban J connectivity index is 1.83. The summed E-state index contributed by atoms with van der Waals surface area (Å²) in [6.07, 6.45) is 7.96. The van der Waals surface area contributed by atoms with E-state index < -0.39 is 10.8 Å². The van der Waals surface area contributed by atoms with Gasteiger partial charge in [0.25, 0.3) is 0 Å². The summed E-state index contributed by atoms with van der Waals surface area (Å²) in [6, 6.07) is 2.50. The van der Waals surface area contributed by atoms with Gasteiger partial charge >= 0.3 is 0 Å². The second kappa shape index (κ2) is 5.83. The van der Waals surface area contributed by atoms with Crippen LogP contribution < -0.4 is 5.32 Å². The van der Waals surface area contributed by atoms with E-state index >= 15 is 0 Å². The van der Waals surface area contributed by atoms with Gasteiger partial charge in [-0.1, -0.05) is 6.92 Å². The highest BCUT2D eigenvalue weighted by molar-refractivity contribution is 7.84. The molecule has 4 heteroatoms. The zero-order valence-corrected chi connectivity index (χ0v) is 11.4. The molecule has 96 valence electrons. The van der Waals surface area contributed by atoms with E-state index in [0.717, 1.165) is 25.1 Å². The van der Waals surface area contributed by atoms with E-state index in [9.17, 15) is 4.21 Å². The van der Waals surface area contributed by atoms with Crippen LogP contribution in [0.1, 0.15) is 43.6 Å². The van der Waals surface area contributed by atoms with Crippen molar-refractivity contribution < 1.29 is 8.63 Å². The fraction of sp³-hybridized carbons (Fsp3) is 0.692. The van der Waals surface area contributed by atoms with Gasteiger partial charge in [-0.25, -0.2) is 0 Å². The van der Waals surface area contributed by atoms with Crippen LogP contribution in [0.25, 0.3) is 0 Å². The minimum Gasteiger partial charge on any atom is -0.469 e. The molecular weight excluding hydrogens is 234 g/mol. The van der Waals surface area contributed by atoms with Crippen molar-refractivity contribution in [3.8, 4) is 0 Å². The molecule has 3 atom stereocenters. The molecule has 2 rings (SSSR count). The first kappa shape index (κ1) is 12.8. The van der Waals surface area contributed by atoms with Gasteiger partial charge in [-0.05, 0) is 31.9 Å². The molecule has 1 aromatic heterocycles. The van der Waals surface area contributed by atoms with Crippen molar-refractivity contribution in [1.82, 2.24) is 5.32 Å². The Morgan fingerprint density at radius 3 is 3.24 bits per heavy atom. The van der Waals surface area contributed by atoms with Crippen LogP contribution in [0.3, 0.4) is 0 Å². The monoisotopic (exact) mass is 255 g/mol. The minimum atomic E-state index is -0.713. The predicted octanol–water partition coefficient (Wildman–Crippen LogP) is 2.40. The van der Waals surface area contributed by atoms with Gasteiger partial charge in [-0.3, -0.25) is 4.21 Å². The Morgan fingerprint density at radius 1 is 1.65 bits per heavy atom. The Hall–Kier alpha value is -0.610. The quantitative estimate of drug-likeness (QED) is 0.878.